The second-order valence-corrected chi connectivity index (χ2v) is 8.44. The fourth-order valence-corrected chi connectivity index (χ4v) is 4.69. The molecule has 2 heteroatoms. The van der Waals surface area contributed by atoms with Crippen LogP contribution in [0.2, 0.25) is 0 Å². The van der Waals surface area contributed by atoms with Crippen LogP contribution < -0.4 is 0 Å². The van der Waals surface area contributed by atoms with Crippen LogP contribution in [0.1, 0.15) is 103 Å². The van der Waals surface area contributed by atoms with Gasteiger partial charge in [-0.3, -0.25) is 0 Å². The minimum absolute atomic E-state index is 0.0219. The van der Waals surface area contributed by atoms with Gasteiger partial charge in [-0.1, -0.05) is 64.0 Å². The second-order valence-electron chi connectivity index (χ2n) is 8.44. The third-order valence-electron chi connectivity index (χ3n) is 6.28. The first-order valence-corrected chi connectivity index (χ1v) is 11.3. The normalized spacial score (nSPS) is 28.4. The van der Waals surface area contributed by atoms with Gasteiger partial charge in [0.1, 0.15) is 0 Å². The van der Waals surface area contributed by atoms with Gasteiger partial charge in [-0.05, 0) is 63.2 Å². The van der Waals surface area contributed by atoms with Crippen molar-refractivity contribution in [3.8, 4) is 0 Å². The fraction of sp³-hybridized carbons (Fsp3) is 0.913. The molecule has 25 heavy (non-hydrogen) atoms. The van der Waals surface area contributed by atoms with Crippen LogP contribution in [0.4, 0.5) is 0 Å². The Labute approximate surface area is 156 Å². The summed E-state index contributed by atoms with van der Waals surface area (Å²) in [7, 11) is 0. The van der Waals surface area contributed by atoms with Crippen LogP contribution in [-0.4, -0.2) is 23.9 Å². The number of aliphatic hydroxyl groups is 1. The van der Waals surface area contributed by atoms with E-state index in [4.69, 9.17) is 4.74 Å². The molecule has 3 saturated carbocycles. The van der Waals surface area contributed by atoms with E-state index < -0.39 is 0 Å². The molecule has 0 spiro atoms. The lowest BCUT2D eigenvalue weighted by Gasteiger charge is -2.26. The van der Waals surface area contributed by atoms with Gasteiger partial charge in [-0.2, -0.15) is 0 Å². The van der Waals surface area contributed by atoms with Crippen LogP contribution in [0.3, 0.4) is 0 Å². The largest absolute Gasteiger partial charge is 0.393 e. The Hall–Kier alpha value is -0.340. The van der Waals surface area contributed by atoms with E-state index in [0.717, 1.165) is 25.4 Å². The Morgan fingerprint density at radius 3 is 2.20 bits per heavy atom. The average Bonchev–Trinajstić information content (AvgIpc) is 3.31. The zero-order valence-corrected chi connectivity index (χ0v) is 16.6. The van der Waals surface area contributed by atoms with Gasteiger partial charge in [0, 0.05) is 0 Å². The van der Waals surface area contributed by atoms with Gasteiger partial charge >= 0.3 is 0 Å². The maximum Gasteiger partial charge on any atom is 0.0575 e. The number of rotatable bonds is 7. The van der Waals surface area contributed by atoms with Crippen molar-refractivity contribution in [1.82, 2.24) is 0 Å². The van der Waals surface area contributed by atoms with Gasteiger partial charge in [0.2, 0.25) is 0 Å². The monoisotopic (exact) mass is 350 g/mol. The summed E-state index contributed by atoms with van der Waals surface area (Å²) in [5.41, 5.74) is 0. The van der Waals surface area contributed by atoms with E-state index in [1.165, 1.54) is 83.5 Å². The maximum absolute atomic E-state index is 9.50. The first-order valence-electron chi connectivity index (χ1n) is 11.3. The van der Waals surface area contributed by atoms with Crippen LogP contribution in [0.15, 0.2) is 12.2 Å². The van der Waals surface area contributed by atoms with Gasteiger partial charge < -0.3 is 9.84 Å². The summed E-state index contributed by atoms with van der Waals surface area (Å²) in [4.78, 5) is 0. The van der Waals surface area contributed by atoms with Crippen LogP contribution in [0.25, 0.3) is 0 Å². The van der Waals surface area contributed by atoms with Gasteiger partial charge in [-0.15, -0.1) is 0 Å². The molecule has 0 bridgehead atoms. The highest BCUT2D eigenvalue weighted by Crippen LogP contribution is 2.27. The molecule has 0 amide bonds. The summed E-state index contributed by atoms with van der Waals surface area (Å²) >= 11 is 0. The molecule has 0 heterocycles. The molecule has 0 aromatic heterocycles. The van der Waals surface area contributed by atoms with E-state index in [1.807, 2.05) is 0 Å². The molecular weight excluding hydrogens is 308 g/mol. The zero-order valence-electron chi connectivity index (χ0n) is 16.6. The van der Waals surface area contributed by atoms with Crippen molar-refractivity contribution in [2.75, 3.05) is 6.61 Å². The smallest absolute Gasteiger partial charge is 0.0575 e. The Kier molecular flexibility index (Phi) is 10.8. The molecule has 2 nitrogen and oxygen atoms in total. The quantitative estimate of drug-likeness (QED) is 0.424. The molecule has 0 aromatic carbocycles. The van der Waals surface area contributed by atoms with Gasteiger partial charge in [0.25, 0.3) is 0 Å². The second kappa shape index (κ2) is 12.9. The highest BCUT2D eigenvalue weighted by molar-refractivity contribution is 4.90. The van der Waals surface area contributed by atoms with E-state index in [9.17, 15) is 5.11 Å². The molecule has 3 aliphatic carbocycles. The first-order chi connectivity index (χ1) is 12.3. The number of ether oxygens (including phenoxy) is 1. The number of hydrogen-bond donors (Lipinski definition) is 1. The van der Waals surface area contributed by atoms with Crippen molar-refractivity contribution < 1.29 is 9.84 Å². The SMILES string of the molecule is C(=C\C1CCCC1)/CCOC1CCCC1.CCCC1CCCCC1O. The van der Waals surface area contributed by atoms with Crippen LogP contribution in [0, 0.1) is 11.8 Å². The molecule has 0 aliphatic heterocycles. The molecule has 3 aliphatic rings. The van der Waals surface area contributed by atoms with E-state index in [0.29, 0.717) is 12.0 Å². The molecule has 3 rings (SSSR count). The summed E-state index contributed by atoms with van der Waals surface area (Å²) < 4.78 is 5.82. The summed E-state index contributed by atoms with van der Waals surface area (Å²) in [6, 6.07) is 0. The standard InChI is InChI=1S/C14H24O.C9H18O/c1-2-8-13(7-1)9-5-6-12-15-14-10-3-4-11-14;1-2-5-8-6-3-4-7-9(8)10/h5,9,13-14H,1-4,6-8,10-12H2;8-10H,2-7H2,1H3/b9-5+;. The maximum atomic E-state index is 9.50. The summed E-state index contributed by atoms with van der Waals surface area (Å²) in [6.07, 6.45) is 24.9. The van der Waals surface area contributed by atoms with Crippen LogP contribution in [-0.2, 0) is 4.74 Å². The summed E-state index contributed by atoms with van der Waals surface area (Å²) in [5, 5.41) is 9.50. The number of allylic oxidation sites excluding steroid dienone is 1. The lowest BCUT2D eigenvalue weighted by atomic mass is 9.84. The molecule has 0 saturated heterocycles. The molecule has 3 fully saturated rings. The van der Waals surface area contributed by atoms with E-state index in [-0.39, 0.29) is 6.10 Å². The Bertz CT molecular complexity index is 338. The molecule has 2 unspecified atom stereocenters. The van der Waals surface area contributed by atoms with Crippen molar-refractivity contribution in [3.05, 3.63) is 12.2 Å². The average molecular weight is 351 g/mol. The molecule has 0 radical (unpaired) electrons. The van der Waals surface area contributed by atoms with Crippen LogP contribution >= 0.6 is 0 Å². The predicted molar refractivity (Wildman–Crippen MR) is 107 cm³/mol. The molecule has 1 N–H and O–H groups in total. The third kappa shape index (κ3) is 8.73. The minimum Gasteiger partial charge on any atom is -0.393 e. The number of aliphatic hydroxyl groups excluding tert-OH is 1. The van der Waals surface area contributed by atoms with Crippen LogP contribution in [0.5, 0.6) is 0 Å². The Balaban J connectivity index is 0.000000196. The van der Waals surface area contributed by atoms with E-state index in [1.54, 1.807) is 0 Å². The third-order valence-corrected chi connectivity index (χ3v) is 6.28. The predicted octanol–water partition coefficient (Wildman–Crippen LogP) is 6.42. The van der Waals surface area contributed by atoms with Crippen molar-refractivity contribution in [3.63, 3.8) is 0 Å². The molecule has 0 aromatic rings. The molecular formula is C23H42O2. The summed E-state index contributed by atoms with van der Waals surface area (Å²) in [5.74, 6) is 1.51. The van der Waals surface area contributed by atoms with Gasteiger partial charge in [0.05, 0.1) is 18.8 Å². The van der Waals surface area contributed by atoms with Crippen molar-refractivity contribution in [1.29, 1.82) is 0 Å². The van der Waals surface area contributed by atoms with Gasteiger partial charge in [-0.25, -0.2) is 0 Å². The van der Waals surface area contributed by atoms with Crippen molar-refractivity contribution >= 4 is 0 Å². The topological polar surface area (TPSA) is 29.5 Å². The van der Waals surface area contributed by atoms with Crippen molar-refractivity contribution in [2.45, 2.75) is 115 Å². The summed E-state index contributed by atoms with van der Waals surface area (Å²) in [6.45, 7) is 3.13. The Morgan fingerprint density at radius 1 is 0.880 bits per heavy atom. The highest BCUT2D eigenvalue weighted by atomic mass is 16.5. The van der Waals surface area contributed by atoms with Gasteiger partial charge in [0.15, 0.2) is 0 Å². The molecule has 2 atom stereocenters. The number of hydrogen-bond acceptors (Lipinski definition) is 2. The lowest BCUT2D eigenvalue weighted by Crippen LogP contribution is -2.23. The molecule has 146 valence electrons. The fourth-order valence-electron chi connectivity index (χ4n) is 4.69. The van der Waals surface area contributed by atoms with E-state index >= 15 is 0 Å². The zero-order chi connectivity index (χ0) is 17.7. The lowest BCUT2D eigenvalue weighted by molar-refractivity contribution is 0.0617. The van der Waals surface area contributed by atoms with Crippen molar-refractivity contribution in [2.24, 2.45) is 11.8 Å². The highest BCUT2D eigenvalue weighted by Gasteiger charge is 2.21. The van der Waals surface area contributed by atoms with E-state index in [2.05, 4.69) is 19.1 Å². The Morgan fingerprint density at radius 2 is 1.52 bits per heavy atom. The minimum atomic E-state index is 0.0219. The first kappa shape index (κ1) is 21.0.